The standard InChI is InChI=1S/C16H23N3O/c1-11-12(2)14(8-17)15(19-13(11)3)18-9-16(10-20-4)6-5-7-16/h5-7,9-10H2,1-4H3,(H,18,19). The van der Waals surface area contributed by atoms with Gasteiger partial charge in [0.2, 0.25) is 0 Å². The predicted molar refractivity (Wildman–Crippen MR) is 79.8 cm³/mol. The van der Waals surface area contributed by atoms with Crippen LogP contribution in [0.25, 0.3) is 0 Å². The maximum Gasteiger partial charge on any atom is 0.144 e. The molecule has 2 rings (SSSR count). The van der Waals surface area contributed by atoms with Crippen LogP contribution >= 0.6 is 0 Å². The van der Waals surface area contributed by atoms with Crippen LogP contribution < -0.4 is 5.32 Å². The first-order valence-corrected chi connectivity index (χ1v) is 7.14. The summed E-state index contributed by atoms with van der Waals surface area (Å²) in [6.07, 6.45) is 3.62. The monoisotopic (exact) mass is 273 g/mol. The molecule has 1 aromatic heterocycles. The van der Waals surface area contributed by atoms with Crippen LogP contribution in [-0.2, 0) is 4.74 Å². The molecular formula is C16H23N3O. The first-order valence-electron chi connectivity index (χ1n) is 7.14. The van der Waals surface area contributed by atoms with Crippen molar-refractivity contribution in [2.75, 3.05) is 25.6 Å². The van der Waals surface area contributed by atoms with Gasteiger partial charge < -0.3 is 10.1 Å². The molecule has 0 amide bonds. The fourth-order valence-electron chi connectivity index (χ4n) is 2.83. The van der Waals surface area contributed by atoms with E-state index < -0.39 is 0 Å². The molecule has 4 nitrogen and oxygen atoms in total. The average molecular weight is 273 g/mol. The van der Waals surface area contributed by atoms with E-state index in [1.165, 1.54) is 19.3 Å². The largest absolute Gasteiger partial charge is 0.384 e. The van der Waals surface area contributed by atoms with Crippen molar-refractivity contribution < 1.29 is 4.74 Å². The van der Waals surface area contributed by atoms with Crippen LogP contribution in [-0.4, -0.2) is 25.2 Å². The lowest BCUT2D eigenvalue weighted by Gasteiger charge is -2.41. The van der Waals surface area contributed by atoms with Crippen molar-refractivity contribution in [3.8, 4) is 6.07 Å². The molecule has 0 atom stereocenters. The second-order valence-electron chi connectivity index (χ2n) is 5.92. The number of methoxy groups -OCH3 is 1. The average Bonchev–Trinajstić information content (AvgIpc) is 2.39. The minimum absolute atomic E-state index is 0.218. The Kier molecular flexibility index (Phi) is 4.29. The zero-order chi connectivity index (χ0) is 14.8. The van der Waals surface area contributed by atoms with Crippen molar-refractivity contribution >= 4 is 5.82 Å². The Bertz CT molecular complexity index is 542. The predicted octanol–water partition coefficient (Wildman–Crippen LogP) is 3.11. The SMILES string of the molecule is COCC1(CNc2nc(C)c(C)c(C)c2C#N)CCC1. The maximum absolute atomic E-state index is 9.36. The molecule has 108 valence electrons. The summed E-state index contributed by atoms with van der Waals surface area (Å²) in [5, 5.41) is 12.8. The number of nitrogens with one attached hydrogen (secondary N) is 1. The Morgan fingerprint density at radius 2 is 2.00 bits per heavy atom. The fourth-order valence-corrected chi connectivity index (χ4v) is 2.83. The van der Waals surface area contributed by atoms with E-state index in [2.05, 4.69) is 16.4 Å². The number of nitriles is 1. The lowest BCUT2D eigenvalue weighted by Crippen LogP contribution is -2.40. The molecule has 1 aromatic rings. The van der Waals surface area contributed by atoms with Gasteiger partial charge in [-0.3, -0.25) is 0 Å². The summed E-state index contributed by atoms with van der Waals surface area (Å²) in [6, 6.07) is 2.28. The van der Waals surface area contributed by atoms with E-state index in [0.717, 1.165) is 35.8 Å². The van der Waals surface area contributed by atoms with E-state index in [1.54, 1.807) is 7.11 Å². The third kappa shape index (κ3) is 2.64. The van der Waals surface area contributed by atoms with Gasteiger partial charge in [-0.25, -0.2) is 4.98 Å². The van der Waals surface area contributed by atoms with Crippen molar-refractivity contribution in [1.29, 1.82) is 5.26 Å². The highest BCUT2D eigenvalue weighted by atomic mass is 16.5. The van der Waals surface area contributed by atoms with E-state index in [4.69, 9.17) is 4.74 Å². The fraction of sp³-hybridized carbons (Fsp3) is 0.625. The van der Waals surface area contributed by atoms with Crippen LogP contribution in [0, 0.1) is 37.5 Å². The molecule has 20 heavy (non-hydrogen) atoms. The normalized spacial score (nSPS) is 16.4. The molecule has 1 N–H and O–H groups in total. The van der Waals surface area contributed by atoms with Crippen LogP contribution in [0.3, 0.4) is 0 Å². The topological polar surface area (TPSA) is 57.9 Å². The van der Waals surface area contributed by atoms with Crippen molar-refractivity contribution in [2.24, 2.45) is 5.41 Å². The maximum atomic E-state index is 9.36. The van der Waals surface area contributed by atoms with Gasteiger partial charge in [0.25, 0.3) is 0 Å². The first-order chi connectivity index (χ1) is 9.53. The number of anilines is 1. The molecule has 0 aliphatic heterocycles. The highest BCUT2D eigenvalue weighted by Crippen LogP contribution is 2.41. The number of aryl methyl sites for hydroxylation is 1. The summed E-state index contributed by atoms with van der Waals surface area (Å²) in [7, 11) is 1.75. The molecule has 0 saturated heterocycles. The van der Waals surface area contributed by atoms with Crippen LogP contribution in [0.4, 0.5) is 5.82 Å². The Labute approximate surface area is 121 Å². The lowest BCUT2D eigenvalue weighted by atomic mass is 9.69. The Morgan fingerprint density at radius 3 is 2.50 bits per heavy atom. The van der Waals surface area contributed by atoms with E-state index >= 15 is 0 Å². The van der Waals surface area contributed by atoms with Crippen LogP contribution in [0.5, 0.6) is 0 Å². The summed E-state index contributed by atoms with van der Waals surface area (Å²) in [4.78, 5) is 4.55. The van der Waals surface area contributed by atoms with Gasteiger partial charge in [-0.15, -0.1) is 0 Å². The third-order valence-corrected chi connectivity index (χ3v) is 4.60. The second-order valence-corrected chi connectivity index (χ2v) is 5.92. The Morgan fingerprint density at radius 1 is 1.30 bits per heavy atom. The van der Waals surface area contributed by atoms with Crippen LogP contribution in [0.2, 0.25) is 0 Å². The van der Waals surface area contributed by atoms with E-state index in [9.17, 15) is 5.26 Å². The summed E-state index contributed by atoms with van der Waals surface area (Å²) in [5.74, 6) is 0.718. The Balaban J connectivity index is 2.20. The number of pyridine rings is 1. The number of hydrogen-bond donors (Lipinski definition) is 1. The molecule has 0 radical (unpaired) electrons. The molecule has 1 fully saturated rings. The molecule has 0 bridgehead atoms. The highest BCUT2D eigenvalue weighted by molar-refractivity contribution is 5.59. The van der Waals surface area contributed by atoms with E-state index in [0.29, 0.717) is 5.56 Å². The quantitative estimate of drug-likeness (QED) is 0.895. The van der Waals surface area contributed by atoms with Crippen molar-refractivity contribution in [1.82, 2.24) is 4.98 Å². The molecule has 1 heterocycles. The van der Waals surface area contributed by atoms with Gasteiger partial charge in [-0.2, -0.15) is 5.26 Å². The Hall–Kier alpha value is -1.60. The zero-order valence-corrected chi connectivity index (χ0v) is 12.8. The molecular weight excluding hydrogens is 250 g/mol. The van der Waals surface area contributed by atoms with Gasteiger partial charge in [0.05, 0.1) is 12.2 Å². The van der Waals surface area contributed by atoms with Crippen molar-refractivity contribution in [3.63, 3.8) is 0 Å². The molecule has 1 aliphatic rings. The summed E-state index contributed by atoms with van der Waals surface area (Å²) >= 11 is 0. The number of ether oxygens (including phenoxy) is 1. The molecule has 1 saturated carbocycles. The number of rotatable bonds is 5. The van der Waals surface area contributed by atoms with Gasteiger partial charge in [0, 0.05) is 24.8 Å². The van der Waals surface area contributed by atoms with E-state index in [-0.39, 0.29) is 5.41 Å². The molecule has 0 unspecified atom stereocenters. The minimum Gasteiger partial charge on any atom is -0.384 e. The molecule has 0 spiro atoms. The summed E-state index contributed by atoms with van der Waals surface area (Å²) < 4.78 is 5.34. The van der Waals surface area contributed by atoms with Crippen LogP contribution in [0.15, 0.2) is 0 Å². The minimum atomic E-state index is 0.218. The van der Waals surface area contributed by atoms with Crippen molar-refractivity contribution in [3.05, 3.63) is 22.4 Å². The highest BCUT2D eigenvalue weighted by Gasteiger charge is 2.37. The van der Waals surface area contributed by atoms with Gasteiger partial charge in [0.15, 0.2) is 0 Å². The van der Waals surface area contributed by atoms with Gasteiger partial charge in [-0.05, 0) is 44.7 Å². The molecule has 1 aliphatic carbocycles. The molecule has 4 heteroatoms. The number of hydrogen-bond acceptors (Lipinski definition) is 4. The third-order valence-electron chi connectivity index (χ3n) is 4.60. The van der Waals surface area contributed by atoms with E-state index in [1.807, 2.05) is 20.8 Å². The number of nitrogens with zero attached hydrogens (tertiary/aromatic N) is 2. The van der Waals surface area contributed by atoms with Gasteiger partial charge in [0.1, 0.15) is 11.9 Å². The zero-order valence-electron chi connectivity index (χ0n) is 12.8. The molecule has 0 aromatic carbocycles. The van der Waals surface area contributed by atoms with Gasteiger partial charge >= 0.3 is 0 Å². The lowest BCUT2D eigenvalue weighted by molar-refractivity contribution is 0.0282. The van der Waals surface area contributed by atoms with Crippen LogP contribution in [0.1, 0.15) is 41.6 Å². The second kappa shape index (κ2) is 5.80. The smallest absolute Gasteiger partial charge is 0.144 e. The first kappa shape index (κ1) is 14.8. The number of aromatic nitrogens is 1. The van der Waals surface area contributed by atoms with Gasteiger partial charge in [-0.1, -0.05) is 6.42 Å². The summed E-state index contributed by atoms with van der Waals surface area (Å²) in [6.45, 7) is 7.59. The summed E-state index contributed by atoms with van der Waals surface area (Å²) in [5.41, 5.74) is 3.99. The van der Waals surface area contributed by atoms with Crippen molar-refractivity contribution in [2.45, 2.75) is 40.0 Å².